The predicted octanol–water partition coefficient (Wildman–Crippen LogP) is 1.76. The monoisotopic (exact) mass is 270 g/mol. The molecule has 5 nitrogen and oxygen atoms in total. The molecule has 2 heterocycles. The van der Waals surface area contributed by atoms with Crippen molar-refractivity contribution in [3.63, 3.8) is 0 Å². The van der Waals surface area contributed by atoms with Gasteiger partial charge in [0, 0.05) is 24.4 Å². The number of benzene rings is 1. The second kappa shape index (κ2) is 5.28. The number of hydrogen-bond donors (Lipinski definition) is 0. The van der Waals surface area contributed by atoms with Crippen LogP contribution in [0.2, 0.25) is 0 Å². The zero-order valence-electron chi connectivity index (χ0n) is 10.9. The van der Waals surface area contributed by atoms with Crippen LogP contribution in [0, 0.1) is 0 Å². The van der Waals surface area contributed by atoms with Gasteiger partial charge < -0.3 is 4.74 Å². The number of likely N-dealkylation sites (tertiary alicyclic amines) is 1. The number of fused-ring (bicyclic) bond motifs is 1. The van der Waals surface area contributed by atoms with Crippen LogP contribution < -0.4 is 4.74 Å². The molecular formula is C15H14N2O3. The number of ether oxygens (including phenoxy) is 1. The average molecular weight is 270 g/mol. The zero-order valence-corrected chi connectivity index (χ0v) is 10.9. The SMILES string of the molecule is O=C1CCC(=O)N1CCOc1cccc2cccnc12. The summed E-state index contributed by atoms with van der Waals surface area (Å²) in [7, 11) is 0. The standard InChI is InChI=1S/C15H14N2O3/c18-13-6-7-14(19)17(13)9-10-20-12-5-1-3-11-4-2-8-16-15(11)12/h1-5,8H,6-7,9-10H2. The minimum Gasteiger partial charge on any atom is -0.489 e. The fraction of sp³-hybridized carbons (Fsp3) is 0.267. The third kappa shape index (κ3) is 2.34. The highest BCUT2D eigenvalue weighted by Gasteiger charge is 2.28. The van der Waals surface area contributed by atoms with E-state index in [9.17, 15) is 9.59 Å². The molecule has 0 aliphatic carbocycles. The molecule has 1 saturated heterocycles. The molecule has 0 saturated carbocycles. The number of rotatable bonds is 4. The largest absolute Gasteiger partial charge is 0.489 e. The van der Waals surface area contributed by atoms with Crippen LogP contribution in [0.4, 0.5) is 0 Å². The number of carbonyl (C=O) groups is 2. The van der Waals surface area contributed by atoms with Crippen molar-refractivity contribution in [1.29, 1.82) is 0 Å². The van der Waals surface area contributed by atoms with Gasteiger partial charge in [-0.25, -0.2) is 0 Å². The lowest BCUT2D eigenvalue weighted by atomic mass is 10.2. The number of carbonyl (C=O) groups excluding carboxylic acids is 2. The Balaban J connectivity index is 1.68. The van der Waals surface area contributed by atoms with E-state index in [4.69, 9.17) is 4.74 Å². The van der Waals surface area contributed by atoms with Gasteiger partial charge >= 0.3 is 0 Å². The molecule has 2 amide bonds. The second-order valence-corrected chi connectivity index (χ2v) is 4.62. The maximum Gasteiger partial charge on any atom is 0.229 e. The first-order valence-electron chi connectivity index (χ1n) is 6.55. The molecule has 3 rings (SSSR count). The fourth-order valence-electron chi connectivity index (χ4n) is 2.31. The predicted molar refractivity (Wildman–Crippen MR) is 73.2 cm³/mol. The van der Waals surface area contributed by atoms with Crippen molar-refractivity contribution in [2.75, 3.05) is 13.2 Å². The van der Waals surface area contributed by atoms with Gasteiger partial charge in [0.2, 0.25) is 11.8 Å². The Kier molecular flexibility index (Phi) is 3.33. The van der Waals surface area contributed by atoms with E-state index in [1.165, 1.54) is 4.90 Å². The average Bonchev–Trinajstić information content (AvgIpc) is 2.79. The Labute approximate surface area is 116 Å². The van der Waals surface area contributed by atoms with Gasteiger partial charge in [0.15, 0.2) is 0 Å². The lowest BCUT2D eigenvalue weighted by molar-refractivity contribution is -0.138. The Morgan fingerprint density at radius 2 is 1.85 bits per heavy atom. The first kappa shape index (κ1) is 12.6. The Morgan fingerprint density at radius 3 is 2.65 bits per heavy atom. The van der Waals surface area contributed by atoms with E-state index in [0.29, 0.717) is 25.1 Å². The minimum atomic E-state index is -0.116. The number of imide groups is 1. The Bertz CT molecular complexity index is 648. The van der Waals surface area contributed by atoms with E-state index in [0.717, 1.165) is 10.9 Å². The van der Waals surface area contributed by atoms with Gasteiger partial charge in [0.1, 0.15) is 17.9 Å². The van der Waals surface area contributed by atoms with Gasteiger partial charge in [0.05, 0.1) is 6.54 Å². The highest BCUT2D eigenvalue weighted by Crippen LogP contribution is 2.23. The van der Waals surface area contributed by atoms with Crippen molar-refractivity contribution in [3.8, 4) is 5.75 Å². The first-order valence-corrected chi connectivity index (χ1v) is 6.55. The summed E-state index contributed by atoms with van der Waals surface area (Å²) in [6.07, 6.45) is 2.34. The van der Waals surface area contributed by atoms with E-state index >= 15 is 0 Å². The van der Waals surface area contributed by atoms with E-state index in [2.05, 4.69) is 4.98 Å². The lowest BCUT2D eigenvalue weighted by Crippen LogP contribution is -2.33. The molecule has 0 spiro atoms. The summed E-state index contributed by atoms with van der Waals surface area (Å²) in [4.78, 5) is 28.5. The van der Waals surface area contributed by atoms with Crippen molar-refractivity contribution in [2.45, 2.75) is 12.8 Å². The number of pyridine rings is 1. The third-order valence-electron chi connectivity index (χ3n) is 3.32. The van der Waals surface area contributed by atoms with Crippen LogP contribution in [0.25, 0.3) is 10.9 Å². The van der Waals surface area contributed by atoms with Crippen molar-refractivity contribution < 1.29 is 14.3 Å². The second-order valence-electron chi connectivity index (χ2n) is 4.62. The summed E-state index contributed by atoms with van der Waals surface area (Å²) in [5.41, 5.74) is 0.786. The third-order valence-corrected chi connectivity index (χ3v) is 3.32. The molecule has 0 radical (unpaired) electrons. The number of aromatic nitrogens is 1. The summed E-state index contributed by atoms with van der Waals surface area (Å²) in [6, 6.07) is 9.52. The quantitative estimate of drug-likeness (QED) is 0.794. The van der Waals surface area contributed by atoms with Crippen molar-refractivity contribution >= 4 is 22.7 Å². The Hall–Kier alpha value is -2.43. The summed E-state index contributed by atoms with van der Waals surface area (Å²) in [5, 5.41) is 0.998. The van der Waals surface area contributed by atoms with Crippen LogP contribution >= 0.6 is 0 Å². The van der Waals surface area contributed by atoms with E-state index in [1.54, 1.807) is 6.20 Å². The normalized spacial score (nSPS) is 15.1. The Morgan fingerprint density at radius 1 is 1.10 bits per heavy atom. The summed E-state index contributed by atoms with van der Waals surface area (Å²) < 4.78 is 5.67. The van der Waals surface area contributed by atoms with Crippen LogP contribution in [0.1, 0.15) is 12.8 Å². The molecule has 1 aromatic carbocycles. The van der Waals surface area contributed by atoms with Crippen LogP contribution in [-0.4, -0.2) is 34.8 Å². The van der Waals surface area contributed by atoms with E-state index < -0.39 is 0 Å². The van der Waals surface area contributed by atoms with E-state index in [-0.39, 0.29) is 18.4 Å². The number of hydrogen-bond acceptors (Lipinski definition) is 4. The molecule has 20 heavy (non-hydrogen) atoms. The van der Waals surface area contributed by atoms with Gasteiger partial charge in [-0.3, -0.25) is 19.5 Å². The molecule has 1 fully saturated rings. The van der Waals surface area contributed by atoms with Crippen LogP contribution in [0.15, 0.2) is 36.5 Å². The molecule has 5 heteroatoms. The van der Waals surface area contributed by atoms with Gasteiger partial charge in [-0.05, 0) is 12.1 Å². The number of nitrogens with zero attached hydrogens (tertiary/aromatic N) is 2. The van der Waals surface area contributed by atoms with Gasteiger partial charge in [-0.1, -0.05) is 18.2 Å². The summed E-state index contributed by atoms with van der Waals surface area (Å²) in [6.45, 7) is 0.577. The van der Waals surface area contributed by atoms with Crippen LogP contribution in [0.5, 0.6) is 5.75 Å². The molecule has 1 aliphatic rings. The first-order chi connectivity index (χ1) is 9.75. The molecule has 0 unspecified atom stereocenters. The van der Waals surface area contributed by atoms with Crippen molar-refractivity contribution in [3.05, 3.63) is 36.5 Å². The maximum absolute atomic E-state index is 11.5. The molecule has 0 bridgehead atoms. The van der Waals surface area contributed by atoms with Crippen LogP contribution in [-0.2, 0) is 9.59 Å². The molecule has 102 valence electrons. The summed E-state index contributed by atoms with van der Waals surface area (Å²) >= 11 is 0. The van der Waals surface area contributed by atoms with Crippen molar-refractivity contribution in [1.82, 2.24) is 9.88 Å². The van der Waals surface area contributed by atoms with Gasteiger partial charge in [0.25, 0.3) is 0 Å². The summed E-state index contributed by atoms with van der Waals surface area (Å²) in [5.74, 6) is 0.437. The maximum atomic E-state index is 11.5. The molecule has 1 aromatic heterocycles. The van der Waals surface area contributed by atoms with Gasteiger partial charge in [-0.15, -0.1) is 0 Å². The molecule has 0 N–H and O–H groups in total. The molecule has 0 atom stereocenters. The van der Waals surface area contributed by atoms with E-state index in [1.807, 2.05) is 30.3 Å². The lowest BCUT2D eigenvalue weighted by Gasteiger charge is -2.14. The number of amides is 2. The van der Waals surface area contributed by atoms with Crippen LogP contribution in [0.3, 0.4) is 0 Å². The van der Waals surface area contributed by atoms with Gasteiger partial charge in [-0.2, -0.15) is 0 Å². The highest BCUT2D eigenvalue weighted by molar-refractivity contribution is 6.01. The molecule has 1 aliphatic heterocycles. The highest BCUT2D eigenvalue weighted by atomic mass is 16.5. The van der Waals surface area contributed by atoms with Crippen molar-refractivity contribution in [2.24, 2.45) is 0 Å². The minimum absolute atomic E-state index is 0.116. The number of para-hydroxylation sites is 1. The topological polar surface area (TPSA) is 59.5 Å². The molecular weight excluding hydrogens is 256 g/mol. The smallest absolute Gasteiger partial charge is 0.229 e. The zero-order chi connectivity index (χ0) is 13.9. The molecule has 2 aromatic rings. The fourth-order valence-corrected chi connectivity index (χ4v) is 2.31.